The zero-order valence-electron chi connectivity index (χ0n) is 26.2. The van der Waals surface area contributed by atoms with Gasteiger partial charge < -0.3 is 16.0 Å². The number of amides is 3. The molecular weight excluding hydrogens is 661 g/mol. The van der Waals surface area contributed by atoms with Crippen molar-refractivity contribution in [2.45, 2.75) is 29.9 Å². The lowest BCUT2D eigenvalue weighted by Crippen LogP contribution is -2.30. The molecule has 0 aromatic heterocycles. The summed E-state index contributed by atoms with van der Waals surface area (Å²) in [5.74, 6) is -0.805. The topological polar surface area (TPSA) is 87.3 Å². The summed E-state index contributed by atoms with van der Waals surface area (Å²) in [5, 5.41) is 8.85. The standard InChI is InChI=1S/C39H33Cl2N3O3S/c1-25(2)26-17-20-31(21-18-26)42-39(47)36(27-10-5-3-6-11-27)48-33-15-9-14-32(24-33)43-38(46)35(22-29-16-19-30(40)23-34(29)41)44-37(45)28-12-7-4-8-13-28/h3-25,36H,1-2H3,(H,42,47)(H,43,46)(H,44,45)/b35-22+. The van der Waals surface area contributed by atoms with Gasteiger partial charge in [-0.1, -0.05) is 110 Å². The molecule has 6 nitrogen and oxygen atoms in total. The average Bonchev–Trinajstić information content (AvgIpc) is 3.09. The molecule has 0 radical (unpaired) electrons. The second-order valence-corrected chi connectivity index (χ2v) is 13.2. The van der Waals surface area contributed by atoms with Crippen LogP contribution in [0.15, 0.2) is 138 Å². The van der Waals surface area contributed by atoms with Gasteiger partial charge in [0.2, 0.25) is 5.91 Å². The van der Waals surface area contributed by atoms with Gasteiger partial charge in [-0.3, -0.25) is 14.4 Å². The highest BCUT2D eigenvalue weighted by Crippen LogP contribution is 2.37. The van der Waals surface area contributed by atoms with E-state index in [1.807, 2.05) is 60.7 Å². The van der Waals surface area contributed by atoms with Crippen LogP contribution in [0.3, 0.4) is 0 Å². The first kappa shape index (κ1) is 34.5. The molecule has 5 rings (SSSR count). The first-order valence-corrected chi connectivity index (χ1v) is 16.9. The maximum absolute atomic E-state index is 13.7. The van der Waals surface area contributed by atoms with E-state index in [9.17, 15) is 14.4 Å². The normalized spacial score (nSPS) is 11.9. The molecule has 0 bridgehead atoms. The van der Waals surface area contributed by atoms with Gasteiger partial charge in [0.05, 0.1) is 0 Å². The maximum Gasteiger partial charge on any atom is 0.272 e. The van der Waals surface area contributed by atoms with Crippen molar-refractivity contribution in [3.63, 3.8) is 0 Å². The van der Waals surface area contributed by atoms with E-state index < -0.39 is 17.1 Å². The van der Waals surface area contributed by atoms with Crippen LogP contribution in [0.5, 0.6) is 0 Å². The minimum absolute atomic E-state index is 0.0174. The fourth-order valence-electron chi connectivity index (χ4n) is 4.76. The smallest absolute Gasteiger partial charge is 0.272 e. The molecule has 0 saturated heterocycles. The van der Waals surface area contributed by atoms with Crippen molar-refractivity contribution in [2.24, 2.45) is 0 Å². The van der Waals surface area contributed by atoms with Crippen molar-refractivity contribution in [3.05, 3.63) is 165 Å². The van der Waals surface area contributed by atoms with E-state index in [0.717, 1.165) is 10.5 Å². The summed E-state index contributed by atoms with van der Waals surface area (Å²) in [6, 6.07) is 38.0. The highest BCUT2D eigenvalue weighted by molar-refractivity contribution is 8.00. The van der Waals surface area contributed by atoms with E-state index in [1.165, 1.54) is 23.4 Å². The number of carbonyl (C=O) groups is 3. The Bertz CT molecular complexity index is 1930. The summed E-state index contributed by atoms with van der Waals surface area (Å²) in [4.78, 5) is 41.1. The SMILES string of the molecule is CC(C)c1ccc(NC(=O)C(Sc2cccc(NC(=O)/C(=C\c3ccc(Cl)cc3Cl)NC(=O)c3ccccc3)c2)c2ccccc2)cc1. The molecule has 0 saturated carbocycles. The van der Waals surface area contributed by atoms with Crippen LogP contribution in [-0.2, 0) is 9.59 Å². The van der Waals surface area contributed by atoms with E-state index in [4.69, 9.17) is 23.2 Å². The first-order chi connectivity index (χ1) is 23.2. The molecule has 3 N–H and O–H groups in total. The zero-order chi connectivity index (χ0) is 34.0. The number of anilines is 2. The van der Waals surface area contributed by atoms with Gasteiger partial charge in [-0.25, -0.2) is 0 Å². The number of halogens is 2. The van der Waals surface area contributed by atoms with Crippen LogP contribution < -0.4 is 16.0 Å². The van der Waals surface area contributed by atoms with Crippen LogP contribution in [0, 0.1) is 0 Å². The fourth-order valence-corrected chi connectivity index (χ4v) is 6.30. The summed E-state index contributed by atoms with van der Waals surface area (Å²) >= 11 is 13.8. The Kier molecular flexibility index (Phi) is 11.7. The van der Waals surface area contributed by atoms with Gasteiger partial charge >= 0.3 is 0 Å². The molecule has 0 spiro atoms. The Morgan fingerprint density at radius 1 is 0.688 bits per heavy atom. The molecule has 5 aromatic rings. The van der Waals surface area contributed by atoms with E-state index in [1.54, 1.807) is 66.7 Å². The highest BCUT2D eigenvalue weighted by atomic mass is 35.5. The molecule has 242 valence electrons. The summed E-state index contributed by atoms with van der Waals surface area (Å²) in [6.07, 6.45) is 1.50. The third-order valence-electron chi connectivity index (χ3n) is 7.32. The van der Waals surface area contributed by atoms with Crippen molar-refractivity contribution < 1.29 is 14.4 Å². The Morgan fingerprint density at radius 3 is 2.04 bits per heavy atom. The van der Waals surface area contributed by atoms with Crippen LogP contribution in [0.4, 0.5) is 11.4 Å². The molecule has 1 unspecified atom stereocenters. The quantitative estimate of drug-likeness (QED) is 0.0949. The summed E-state index contributed by atoms with van der Waals surface area (Å²) < 4.78 is 0. The average molecular weight is 695 g/mol. The number of nitrogens with one attached hydrogen (secondary N) is 3. The van der Waals surface area contributed by atoms with E-state index >= 15 is 0 Å². The molecule has 3 amide bonds. The van der Waals surface area contributed by atoms with Gasteiger partial charge in [0.15, 0.2) is 0 Å². The molecule has 9 heteroatoms. The second kappa shape index (κ2) is 16.3. The van der Waals surface area contributed by atoms with Gasteiger partial charge in [0, 0.05) is 31.9 Å². The third-order valence-corrected chi connectivity index (χ3v) is 9.13. The largest absolute Gasteiger partial charge is 0.325 e. The van der Waals surface area contributed by atoms with Gasteiger partial charge in [-0.15, -0.1) is 11.8 Å². The monoisotopic (exact) mass is 693 g/mol. The van der Waals surface area contributed by atoms with E-state index in [-0.39, 0.29) is 11.6 Å². The molecule has 0 aliphatic heterocycles. The molecule has 5 aromatic carbocycles. The van der Waals surface area contributed by atoms with Gasteiger partial charge in [0.1, 0.15) is 10.9 Å². The molecule has 48 heavy (non-hydrogen) atoms. The zero-order valence-corrected chi connectivity index (χ0v) is 28.6. The second-order valence-electron chi connectivity index (χ2n) is 11.2. The maximum atomic E-state index is 13.7. The van der Waals surface area contributed by atoms with Crippen molar-refractivity contribution in [2.75, 3.05) is 10.6 Å². The number of hydrogen-bond acceptors (Lipinski definition) is 4. The Balaban J connectivity index is 1.38. The summed E-state index contributed by atoms with van der Waals surface area (Å²) in [6.45, 7) is 4.25. The van der Waals surface area contributed by atoms with Gasteiger partial charge in [0.25, 0.3) is 11.8 Å². The number of benzene rings is 5. The fraction of sp³-hybridized carbons (Fsp3) is 0.103. The Hall–Kier alpha value is -4.82. The highest BCUT2D eigenvalue weighted by Gasteiger charge is 2.23. The lowest BCUT2D eigenvalue weighted by atomic mass is 10.0. The van der Waals surface area contributed by atoms with Gasteiger partial charge in [-0.2, -0.15) is 0 Å². The van der Waals surface area contributed by atoms with E-state index in [0.29, 0.717) is 38.5 Å². The lowest BCUT2D eigenvalue weighted by molar-refractivity contribution is -0.116. The van der Waals surface area contributed by atoms with Crippen LogP contribution >= 0.6 is 35.0 Å². The molecular formula is C39H33Cl2N3O3S. The van der Waals surface area contributed by atoms with E-state index in [2.05, 4.69) is 29.8 Å². The predicted octanol–water partition coefficient (Wildman–Crippen LogP) is 10.00. The minimum atomic E-state index is -0.574. The van der Waals surface area contributed by atoms with Crippen LogP contribution in [0.2, 0.25) is 10.0 Å². The molecule has 0 aliphatic rings. The van der Waals surface area contributed by atoms with Crippen molar-refractivity contribution in [3.8, 4) is 0 Å². The molecule has 0 fully saturated rings. The summed E-state index contributed by atoms with van der Waals surface area (Å²) in [7, 11) is 0. The Labute approximate surface area is 294 Å². The molecule has 1 atom stereocenters. The number of carbonyl (C=O) groups excluding carboxylic acids is 3. The van der Waals surface area contributed by atoms with Crippen LogP contribution in [0.1, 0.15) is 52.1 Å². The minimum Gasteiger partial charge on any atom is -0.325 e. The van der Waals surface area contributed by atoms with Crippen molar-refractivity contribution in [1.82, 2.24) is 5.32 Å². The first-order valence-electron chi connectivity index (χ1n) is 15.2. The van der Waals surface area contributed by atoms with Crippen LogP contribution in [0.25, 0.3) is 6.08 Å². The van der Waals surface area contributed by atoms with Crippen molar-refractivity contribution >= 4 is 70.1 Å². The lowest BCUT2D eigenvalue weighted by Gasteiger charge is -2.18. The van der Waals surface area contributed by atoms with Gasteiger partial charge in [-0.05, 0) is 83.3 Å². The third kappa shape index (κ3) is 9.38. The molecule has 0 aliphatic carbocycles. The Morgan fingerprint density at radius 2 is 1.38 bits per heavy atom. The molecule has 0 heterocycles. The van der Waals surface area contributed by atoms with Crippen LogP contribution in [-0.4, -0.2) is 17.7 Å². The number of thioether (sulfide) groups is 1. The van der Waals surface area contributed by atoms with Crippen molar-refractivity contribution in [1.29, 1.82) is 0 Å². The summed E-state index contributed by atoms with van der Waals surface area (Å²) in [5.41, 5.74) is 4.08. The number of hydrogen-bond donors (Lipinski definition) is 3. The predicted molar refractivity (Wildman–Crippen MR) is 198 cm³/mol. The number of rotatable bonds is 11.